The predicted molar refractivity (Wildman–Crippen MR) is 107 cm³/mol. The summed E-state index contributed by atoms with van der Waals surface area (Å²) in [5.41, 5.74) is 2.88. The van der Waals surface area contributed by atoms with Crippen molar-refractivity contribution in [2.45, 2.75) is 11.4 Å². The molecule has 0 aliphatic heterocycles. The number of carboxylic acids is 1. The number of pyridine rings is 1. The minimum Gasteiger partial charge on any atom is -0.478 e. The first-order chi connectivity index (χ1) is 13.9. The number of fused-ring (bicyclic) bond motifs is 1. The zero-order chi connectivity index (χ0) is 20.4. The van der Waals surface area contributed by atoms with E-state index in [1.165, 1.54) is 24.3 Å². The molecule has 0 saturated heterocycles. The molecule has 0 saturated carbocycles. The molecule has 9 heteroatoms. The Balaban J connectivity index is 1.55. The third-order valence-corrected chi connectivity index (χ3v) is 5.80. The summed E-state index contributed by atoms with van der Waals surface area (Å²) in [6.07, 6.45) is 3.20. The van der Waals surface area contributed by atoms with E-state index < -0.39 is 16.0 Å². The lowest BCUT2D eigenvalue weighted by atomic mass is 10.2. The third kappa shape index (κ3) is 4.00. The second-order valence-corrected chi connectivity index (χ2v) is 8.09. The number of aromatic nitrogens is 3. The van der Waals surface area contributed by atoms with Crippen LogP contribution in [0, 0.1) is 0 Å². The number of carboxylic acid groups (broad SMARTS) is 1. The number of hydrogen-bond acceptors (Lipinski definition) is 5. The smallest absolute Gasteiger partial charge is 0.335 e. The maximum absolute atomic E-state index is 12.5. The highest BCUT2D eigenvalue weighted by molar-refractivity contribution is 7.89. The van der Waals surface area contributed by atoms with Crippen LogP contribution < -0.4 is 4.72 Å². The Morgan fingerprint density at radius 3 is 2.45 bits per heavy atom. The van der Waals surface area contributed by atoms with Gasteiger partial charge in [0, 0.05) is 24.5 Å². The summed E-state index contributed by atoms with van der Waals surface area (Å²) >= 11 is 0. The van der Waals surface area contributed by atoms with Gasteiger partial charge in [-0.15, -0.1) is 0 Å². The Labute approximate surface area is 166 Å². The number of imidazole rings is 1. The average Bonchev–Trinajstić information content (AvgIpc) is 3.16. The summed E-state index contributed by atoms with van der Waals surface area (Å²) in [5.74, 6) is -0.492. The van der Waals surface area contributed by atoms with E-state index in [9.17, 15) is 13.2 Å². The number of benzene rings is 2. The zero-order valence-electron chi connectivity index (χ0n) is 15.0. The highest BCUT2D eigenvalue weighted by Crippen LogP contribution is 2.23. The largest absolute Gasteiger partial charge is 0.478 e. The molecule has 2 aromatic carbocycles. The Hall–Kier alpha value is -3.56. The molecule has 0 aliphatic carbocycles. The van der Waals surface area contributed by atoms with Crippen molar-refractivity contribution in [3.63, 3.8) is 0 Å². The Bertz CT molecular complexity index is 1280. The first kappa shape index (κ1) is 18.8. The van der Waals surface area contributed by atoms with Crippen LogP contribution in [0.2, 0.25) is 0 Å². The number of hydrogen-bond donors (Lipinski definition) is 3. The standard InChI is InChI=1S/C20H16N4O4S/c25-20(26)15-3-6-17-18(11-15)24-19(23-17)14-1-4-16(5-2-14)29(27,28)22-12-13-7-9-21-10-8-13/h1-11,22H,12H2,(H,23,24)(H,25,26). The van der Waals surface area contributed by atoms with Crippen molar-refractivity contribution in [2.24, 2.45) is 0 Å². The topological polar surface area (TPSA) is 125 Å². The number of aromatic amines is 1. The van der Waals surface area contributed by atoms with Crippen LogP contribution in [-0.2, 0) is 16.6 Å². The molecular formula is C20H16N4O4S. The molecule has 0 spiro atoms. The van der Waals surface area contributed by atoms with Crippen LogP contribution in [0.25, 0.3) is 22.4 Å². The van der Waals surface area contributed by atoms with Gasteiger partial charge in [0.25, 0.3) is 0 Å². The number of nitrogens with zero attached hydrogens (tertiary/aromatic N) is 2. The zero-order valence-corrected chi connectivity index (χ0v) is 15.8. The minimum absolute atomic E-state index is 0.139. The van der Waals surface area contributed by atoms with Gasteiger partial charge in [-0.25, -0.2) is 22.9 Å². The molecule has 0 bridgehead atoms. The van der Waals surface area contributed by atoms with Crippen LogP contribution in [-0.4, -0.2) is 34.4 Å². The van der Waals surface area contributed by atoms with Crippen LogP contribution in [0.1, 0.15) is 15.9 Å². The summed E-state index contributed by atoms with van der Waals surface area (Å²) in [4.78, 5) is 22.6. The van der Waals surface area contributed by atoms with Crippen molar-refractivity contribution in [1.82, 2.24) is 19.7 Å². The van der Waals surface area contributed by atoms with E-state index in [1.807, 2.05) is 0 Å². The molecule has 8 nitrogen and oxygen atoms in total. The normalized spacial score (nSPS) is 11.6. The SMILES string of the molecule is O=C(O)c1ccc2nc(-c3ccc(S(=O)(=O)NCc4ccncc4)cc3)[nH]c2c1. The summed E-state index contributed by atoms with van der Waals surface area (Å²) < 4.78 is 27.5. The molecule has 146 valence electrons. The summed E-state index contributed by atoms with van der Waals surface area (Å²) in [7, 11) is -3.66. The molecule has 3 N–H and O–H groups in total. The Morgan fingerprint density at radius 2 is 1.76 bits per heavy atom. The van der Waals surface area contributed by atoms with Crippen molar-refractivity contribution in [3.8, 4) is 11.4 Å². The first-order valence-electron chi connectivity index (χ1n) is 8.64. The van der Waals surface area contributed by atoms with Crippen LogP contribution in [0.5, 0.6) is 0 Å². The molecular weight excluding hydrogens is 392 g/mol. The van der Waals surface area contributed by atoms with Crippen molar-refractivity contribution in [1.29, 1.82) is 0 Å². The summed E-state index contributed by atoms with van der Waals surface area (Å²) in [6, 6.07) is 14.4. The number of nitrogens with one attached hydrogen (secondary N) is 2. The summed E-state index contributed by atoms with van der Waals surface area (Å²) in [5, 5.41) is 9.09. The van der Waals surface area contributed by atoms with E-state index >= 15 is 0 Å². The van der Waals surface area contributed by atoms with E-state index in [0.717, 1.165) is 5.56 Å². The first-order valence-corrected chi connectivity index (χ1v) is 10.1. The second kappa shape index (κ2) is 7.46. The van der Waals surface area contributed by atoms with Gasteiger partial charge in [-0.3, -0.25) is 4.98 Å². The molecule has 4 aromatic rings. The van der Waals surface area contributed by atoms with E-state index in [2.05, 4.69) is 19.7 Å². The molecule has 2 aromatic heterocycles. The molecule has 0 unspecified atom stereocenters. The number of H-pyrrole nitrogens is 1. The predicted octanol–water partition coefficient (Wildman–Crippen LogP) is 2.80. The van der Waals surface area contributed by atoms with Gasteiger partial charge >= 0.3 is 5.97 Å². The lowest BCUT2D eigenvalue weighted by molar-refractivity contribution is 0.0697. The quantitative estimate of drug-likeness (QED) is 0.450. The molecule has 4 rings (SSSR count). The fourth-order valence-electron chi connectivity index (χ4n) is 2.83. The van der Waals surface area contributed by atoms with Crippen LogP contribution in [0.3, 0.4) is 0 Å². The number of carbonyl (C=O) groups is 1. The highest BCUT2D eigenvalue weighted by atomic mass is 32.2. The van der Waals surface area contributed by atoms with Crippen molar-refractivity contribution in [2.75, 3.05) is 0 Å². The van der Waals surface area contributed by atoms with Crippen molar-refractivity contribution in [3.05, 3.63) is 78.1 Å². The van der Waals surface area contributed by atoms with Gasteiger partial charge in [0.2, 0.25) is 10.0 Å². The maximum atomic E-state index is 12.5. The van der Waals surface area contributed by atoms with Gasteiger partial charge in [0.15, 0.2) is 0 Å². The molecule has 0 atom stereocenters. The van der Waals surface area contributed by atoms with Gasteiger partial charge < -0.3 is 10.1 Å². The molecule has 0 radical (unpaired) electrons. The van der Waals surface area contributed by atoms with Crippen LogP contribution >= 0.6 is 0 Å². The fourth-order valence-corrected chi connectivity index (χ4v) is 3.85. The minimum atomic E-state index is -3.66. The Morgan fingerprint density at radius 1 is 1.03 bits per heavy atom. The molecule has 2 heterocycles. The number of aromatic carboxylic acids is 1. The number of sulfonamides is 1. The van der Waals surface area contributed by atoms with Gasteiger partial charge in [0.05, 0.1) is 21.5 Å². The van der Waals surface area contributed by atoms with E-state index in [-0.39, 0.29) is 17.0 Å². The molecule has 0 amide bonds. The van der Waals surface area contributed by atoms with E-state index in [4.69, 9.17) is 5.11 Å². The molecule has 29 heavy (non-hydrogen) atoms. The van der Waals surface area contributed by atoms with Gasteiger partial charge in [-0.05, 0) is 60.2 Å². The van der Waals surface area contributed by atoms with Gasteiger partial charge in [-0.1, -0.05) is 0 Å². The second-order valence-electron chi connectivity index (χ2n) is 6.33. The van der Waals surface area contributed by atoms with Crippen LogP contribution in [0.15, 0.2) is 71.9 Å². The van der Waals surface area contributed by atoms with Gasteiger partial charge in [0.1, 0.15) is 5.82 Å². The van der Waals surface area contributed by atoms with Crippen molar-refractivity contribution < 1.29 is 18.3 Å². The fraction of sp³-hybridized carbons (Fsp3) is 0.0500. The maximum Gasteiger partial charge on any atom is 0.335 e. The molecule has 0 aliphatic rings. The Kier molecular flexibility index (Phi) is 4.83. The van der Waals surface area contributed by atoms with Crippen molar-refractivity contribution >= 4 is 27.0 Å². The highest BCUT2D eigenvalue weighted by Gasteiger charge is 2.15. The lowest BCUT2D eigenvalue weighted by Crippen LogP contribution is -2.23. The van der Waals surface area contributed by atoms with E-state index in [1.54, 1.807) is 42.7 Å². The van der Waals surface area contributed by atoms with Crippen LogP contribution in [0.4, 0.5) is 0 Å². The van der Waals surface area contributed by atoms with Gasteiger partial charge in [-0.2, -0.15) is 0 Å². The average molecular weight is 408 g/mol. The monoisotopic (exact) mass is 408 g/mol. The summed E-state index contributed by atoms with van der Waals surface area (Å²) in [6.45, 7) is 0.169. The third-order valence-electron chi connectivity index (χ3n) is 4.38. The number of rotatable bonds is 6. The van der Waals surface area contributed by atoms with E-state index in [0.29, 0.717) is 22.4 Å². The lowest BCUT2D eigenvalue weighted by Gasteiger charge is -2.07. The molecule has 0 fully saturated rings.